The lowest BCUT2D eigenvalue weighted by atomic mass is 9.84. The first kappa shape index (κ1) is 13.8. The van der Waals surface area contributed by atoms with Crippen molar-refractivity contribution in [1.29, 1.82) is 0 Å². The van der Waals surface area contributed by atoms with E-state index in [2.05, 4.69) is 10.2 Å². The van der Waals surface area contributed by atoms with Gasteiger partial charge >= 0.3 is 0 Å². The van der Waals surface area contributed by atoms with E-state index in [1.165, 1.54) is 45.3 Å². The lowest BCUT2D eigenvalue weighted by molar-refractivity contribution is -0.0518. The summed E-state index contributed by atoms with van der Waals surface area (Å²) in [6.45, 7) is 5.44. The summed E-state index contributed by atoms with van der Waals surface area (Å²) in [4.78, 5) is 2.73. The average molecular weight is 268 g/mol. The van der Waals surface area contributed by atoms with Crippen molar-refractivity contribution in [2.24, 2.45) is 5.92 Å². The molecule has 0 atom stereocenters. The van der Waals surface area contributed by atoms with E-state index in [0.29, 0.717) is 12.1 Å². The number of nitrogens with one attached hydrogen (secondary N) is 1. The van der Waals surface area contributed by atoms with E-state index in [0.717, 1.165) is 32.0 Å². The fourth-order valence-electron chi connectivity index (χ4n) is 3.81. The van der Waals surface area contributed by atoms with Gasteiger partial charge in [-0.05, 0) is 57.5 Å². The van der Waals surface area contributed by atoms with Crippen LogP contribution in [0.1, 0.15) is 38.5 Å². The first-order valence-corrected chi connectivity index (χ1v) is 8.05. The Morgan fingerprint density at radius 1 is 1.00 bits per heavy atom. The summed E-state index contributed by atoms with van der Waals surface area (Å²) in [7, 11) is 0. The van der Waals surface area contributed by atoms with E-state index < -0.39 is 0 Å². The second kappa shape index (κ2) is 6.53. The first-order chi connectivity index (χ1) is 9.33. The third-order valence-electron chi connectivity index (χ3n) is 5.14. The zero-order valence-corrected chi connectivity index (χ0v) is 11.9. The van der Waals surface area contributed by atoms with Crippen molar-refractivity contribution >= 4 is 0 Å². The second-order valence-corrected chi connectivity index (χ2v) is 6.51. The van der Waals surface area contributed by atoms with Crippen molar-refractivity contribution in [3.8, 4) is 0 Å². The molecule has 110 valence electrons. The topological polar surface area (TPSA) is 44.7 Å². The highest BCUT2D eigenvalue weighted by Crippen LogP contribution is 2.31. The number of aliphatic hydroxyl groups excluding tert-OH is 1. The Morgan fingerprint density at radius 2 is 1.68 bits per heavy atom. The van der Waals surface area contributed by atoms with Gasteiger partial charge in [-0.2, -0.15) is 0 Å². The minimum absolute atomic E-state index is 0.0413. The van der Waals surface area contributed by atoms with E-state index in [-0.39, 0.29) is 6.10 Å². The number of nitrogens with zero attached hydrogens (tertiary/aromatic N) is 1. The molecule has 19 heavy (non-hydrogen) atoms. The molecule has 3 rings (SSSR count). The summed E-state index contributed by atoms with van der Waals surface area (Å²) >= 11 is 0. The Kier molecular flexibility index (Phi) is 4.74. The molecule has 4 heteroatoms. The molecule has 2 N–H and O–H groups in total. The molecule has 2 aliphatic heterocycles. The maximum Gasteiger partial charge on any atom is 0.0570 e. The standard InChI is InChI=1S/C15H28N2O2/c18-15-9-14(10-15)17(13-3-7-19-8-4-13)11-12-1-5-16-6-2-12/h12-16,18H,1-11H2/t14-,15-. The van der Waals surface area contributed by atoms with Gasteiger partial charge < -0.3 is 15.2 Å². The molecule has 1 aliphatic carbocycles. The van der Waals surface area contributed by atoms with E-state index in [9.17, 15) is 5.11 Å². The van der Waals surface area contributed by atoms with Crippen LogP contribution in [-0.4, -0.2) is 61.0 Å². The van der Waals surface area contributed by atoms with Crippen molar-refractivity contribution in [2.75, 3.05) is 32.8 Å². The zero-order valence-electron chi connectivity index (χ0n) is 11.9. The van der Waals surface area contributed by atoms with Gasteiger partial charge in [0.1, 0.15) is 0 Å². The van der Waals surface area contributed by atoms with Crippen LogP contribution in [-0.2, 0) is 4.74 Å². The van der Waals surface area contributed by atoms with Crippen LogP contribution in [0.15, 0.2) is 0 Å². The highest BCUT2D eigenvalue weighted by Gasteiger charge is 2.37. The molecule has 0 aromatic heterocycles. The molecule has 2 saturated heterocycles. The highest BCUT2D eigenvalue weighted by atomic mass is 16.5. The molecule has 1 saturated carbocycles. The fourth-order valence-corrected chi connectivity index (χ4v) is 3.81. The molecule has 0 aromatic rings. The highest BCUT2D eigenvalue weighted by molar-refractivity contribution is 4.92. The monoisotopic (exact) mass is 268 g/mol. The predicted molar refractivity (Wildman–Crippen MR) is 75.2 cm³/mol. The van der Waals surface area contributed by atoms with Gasteiger partial charge in [-0.3, -0.25) is 4.90 Å². The number of rotatable bonds is 4. The van der Waals surface area contributed by atoms with Gasteiger partial charge in [0.05, 0.1) is 6.10 Å². The maximum atomic E-state index is 9.61. The molecular formula is C15H28N2O2. The van der Waals surface area contributed by atoms with Gasteiger partial charge in [0.15, 0.2) is 0 Å². The fraction of sp³-hybridized carbons (Fsp3) is 1.00. The molecule has 0 spiro atoms. The minimum Gasteiger partial charge on any atom is -0.393 e. The molecule has 0 bridgehead atoms. The van der Waals surface area contributed by atoms with Gasteiger partial charge in [0, 0.05) is 31.8 Å². The van der Waals surface area contributed by atoms with E-state index in [4.69, 9.17) is 4.74 Å². The lowest BCUT2D eigenvalue weighted by Gasteiger charge is -2.47. The second-order valence-electron chi connectivity index (χ2n) is 6.51. The van der Waals surface area contributed by atoms with Crippen LogP contribution in [0.4, 0.5) is 0 Å². The van der Waals surface area contributed by atoms with Gasteiger partial charge in [0.25, 0.3) is 0 Å². The Hall–Kier alpha value is -0.160. The van der Waals surface area contributed by atoms with Crippen molar-refractivity contribution in [3.05, 3.63) is 0 Å². The lowest BCUT2D eigenvalue weighted by Crippen LogP contribution is -2.54. The molecule has 0 radical (unpaired) electrons. The van der Waals surface area contributed by atoms with Gasteiger partial charge in [-0.1, -0.05) is 0 Å². The molecule has 2 heterocycles. The van der Waals surface area contributed by atoms with Gasteiger partial charge in [-0.25, -0.2) is 0 Å². The molecule has 3 fully saturated rings. The van der Waals surface area contributed by atoms with Crippen LogP contribution in [0.2, 0.25) is 0 Å². The molecule has 4 nitrogen and oxygen atoms in total. The van der Waals surface area contributed by atoms with E-state index in [1.54, 1.807) is 0 Å². The van der Waals surface area contributed by atoms with Crippen molar-refractivity contribution in [3.63, 3.8) is 0 Å². The summed E-state index contributed by atoms with van der Waals surface area (Å²) in [5.74, 6) is 0.849. The number of piperidine rings is 1. The van der Waals surface area contributed by atoms with Crippen LogP contribution in [0, 0.1) is 5.92 Å². The quantitative estimate of drug-likeness (QED) is 0.798. The number of hydrogen-bond acceptors (Lipinski definition) is 4. The minimum atomic E-state index is -0.0413. The van der Waals surface area contributed by atoms with Crippen LogP contribution >= 0.6 is 0 Å². The van der Waals surface area contributed by atoms with E-state index >= 15 is 0 Å². The van der Waals surface area contributed by atoms with E-state index in [1.807, 2.05) is 0 Å². The third kappa shape index (κ3) is 3.48. The molecule has 0 aromatic carbocycles. The van der Waals surface area contributed by atoms with Crippen molar-refractivity contribution in [1.82, 2.24) is 10.2 Å². The molecular weight excluding hydrogens is 240 g/mol. The van der Waals surface area contributed by atoms with Crippen LogP contribution in [0.25, 0.3) is 0 Å². The normalized spacial score (nSPS) is 34.4. The van der Waals surface area contributed by atoms with Crippen molar-refractivity contribution < 1.29 is 9.84 Å². The Morgan fingerprint density at radius 3 is 2.32 bits per heavy atom. The first-order valence-electron chi connectivity index (χ1n) is 8.05. The van der Waals surface area contributed by atoms with Crippen LogP contribution < -0.4 is 5.32 Å². The van der Waals surface area contributed by atoms with Gasteiger partial charge in [0.2, 0.25) is 0 Å². The molecule has 0 amide bonds. The summed E-state index contributed by atoms with van der Waals surface area (Å²) < 4.78 is 5.51. The van der Waals surface area contributed by atoms with Crippen molar-refractivity contribution in [2.45, 2.75) is 56.7 Å². The largest absolute Gasteiger partial charge is 0.393 e. The maximum absolute atomic E-state index is 9.61. The molecule has 3 aliphatic rings. The van der Waals surface area contributed by atoms with Crippen LogP contribution in [0.3, 0.4) is 0 Å². The zero-order chi connectivity index (χ0) is 13.1. The summed E-state index contributed by atoms with van der Waals surface area (Å²) in [5.41, 5.74) is 0. The number of hydrogen-bond donors (Lipinski definition) is 2. The number of aliphatic hydroxyl groups is 1. The smallest absolute Gasteiger partial charge is 0.0570 e. The number of ether oxygens (including phenoxy) is 1. The predicted octanol–water partition coefficient (Wildman–Crippen LogP) is 0.990. The third-order valence-corrected chi connectivity index (χ3v) is 5.14. The Bertz CT molecular complexity index is 269. The van der Waals surface area contributed by atoms with Crippen LogP contribution in [0.5, 0.6) is 0 Å². The van der Waals surface area contributed by atoms with Gasteiger partial charge in [-0.15, -0.1) is 0 Å². The Labute approximate surface area is 116 Å². The summed E-state index contributed by atoms with van der Waals surface area (Å²) in [6.07, 6.45) is 6.92. The average Bonchev–Trinajstić information content (AvgIpc) is 2.44. The SMILES string of the molecule is O[C@H]1C[C@H](N(CC2CCNCC2)C2CCOCC2)C1. The Balaban J connectivity index is 1.58. The summed E-state index contributed by atoms with van der Waals surface area (Å²) in [6, 6.07) is 1.33. The summed E-state index contributed by atoms with van der Waals surface area (Å²) in [5, 5.41) is 13.1. The molecule has 0 unspecified atom stereocenters.